The Kier molecular flexibility index (Phi) is 8.78. The van der Waals surface area contributed by atoms with Crippen molar-refractivity contribution < 1.29 is 19.1 Å². The monoisotopic (exact) mass is 540 g/mol. The van der Waals surface area contributed by atoms with Crippen molar-refractivity contribution in [2.24, 2.45) is 4.99 Å². The number of aliphatic imine (C=N–C) groups is 1. The van der Waals surface area contributed by atoms with Crippen molar-refractivity contribution >= 4 is 51.3 Å². The number of rotatable bonds is 9. The summed E-state index contributed by atoms with van der Waals surface area (Å²) in [6, 6.07) is 12.5. The van der Waals surface area contributed by atoms with E-state index in [-0.39, 0.29) is 18.3 Å². The van der Waals surface area contributed by atoms with Gasteiger partial charge >= 0.3 is 5.97 Å². The topological polar surface area (TPSA) is 105 Å². The average molecular weight is 541 g/mol. The van der Waals surface area contributed by atoms with Crippen LogP contribution in [0, 0.1) is 0 Å². The van der Waals surface area contributed by atoms with Gasteiger partial charge in [-0.15, -0.1) is 0 Å². The average Bonchev–Trinajstić information content (AvgIpc) is 3.29. The highest BCUT2D eigenvalue weighted by molar-refractivity contribution is 8.14. The van der Waals surface area contributed by atoms with Gasteiger partial charge in [0.15, 0.2) is 5.17 Å². The Morgan fingerprint density at radius 3 is 2.81 bits per heavy atom. The van der Waals surface area contributed by atoms with E-state index in [9.17, 15) is 9.59 Å². The van der Waals surface area contributed by atoms with Crippen LogP contribution in [0.3, 0.4) is 0 Å². The molecule has 37 heavy (non-hydrogen) atoms. The molecule has 1 aromatic heterocycles. The highest BCUT2D eigenvalue weighted by atomic mass is 35.5. The number of ether oxygens (including phenoxy) is 2. The second-order valence-corrected chi connectivity index (χ2v) is 9.79. The van der Waals surface area contributed by atoms with Crippen LogP contribution in [0.2, 0.25) is 5.02 Å². The Morgan fingerprint density at radius 1 is 1.22 bits per heavy atom. The minimum absolute atomic E-state index is 0.107. The summed E-state index contributed by atoms with van der Waals surface area (Å²) in [5.74, 6) is 0.431. The van der Waals surface area contributed by atoms with Crippen LogP contribution in [0.25, 0.3) is 10.9 Å². The predicted molar refractivity (Wildman–Crippen MR) is 148 cm³/mol. The number of thioether (sulfide) groups is 1. The molecule has 2 heterocycles. The van der Waals surface area contributed by atoms with Crippen molar-refractivity contribution in [2.75, 3.05) is 26.0 Å². The number of carbonyl (C=O) groups is 2. The summed E-state index contributed by atoms with van der Waals surface area (Å²) in [7, 11) is 1.64. The Morgan fingerprint density at radius 2 is 2.05 bits per heavy atom. The van der Waals surface area contributed by atoms with Crippen molar-refractivity contribution in [2.45, 2.75) is 26.3 Å². The molecular weight excluding hydrogens is 512 g/mol. The number of aromatic amines is 1. The van der Waals surface area contributed by atoms with E-state index in [0.29, 0.717) is 34.4 Å². The van der Waals surface area contributed by atoms with E-state index in [2.05, 4.69) is 15.6 Å². The van der Waals surface area contributed by atoms with Crippen LogP contribution in [0.5, 0.6) is 5.75 Å². The third kappa shape index (κ3) is 6.47. The Balaban J connectivity index is 1.38. The highest BCUT2D eigenvalue weighted by Crippen LogP contribution is 2.34. The van der Waals surface area contributed by atoms with Gasteiger partial charge in [-0.05, 0) is 61.7 Å². The zero-order valence-electron chi connectivity index (χ0n) is 20.9. The molecule has 0 fully saturated rings. The number of allylic oxidation sites excluding steroid dienone is 1. The first kappa shape index (κ1) is 26.6. The minimum Gasteiger partial charge on any atom is -0.497 e. The van der Waals surface area contributed by atoms with Crippen molar-refractivity contribution in [1.82, 2.24) is 15.6 Å². The zero-order valence-corrected chi connectivity index (χ0v) is 22.5. The van der Waals surface area contributed by atoms with Gasteiger partial charge in [-0.3, -0.25) is 4.79 Å². The molecule has 0 saturated carbocycles. The largest absolute Gasteiger partial charge is 0.497 e. The lowest BCUT2D eigenvalue weighted by Crippen LogP contribution is -2.33. The van der Waals surface area contributed by atoms with Gasteiger partial charge in [-0.2, -0.15) is 0 Å². The van der Waals surface area contributed by atoms with Crippen LogP contribution in [0.4, 0.5) is 0 Å². The molecule has 10 heteroatoms. The first-order valence-corrected chi connectivity index (χ1v) is 13.3. The molecule has 0 saturated heterocycles. The van der Waals surface area contributed by atoms with E-state index in [1.807, 2.05) is 36.5 Å². The fourth-order valence-corrected chi connectivity index (χ4v) is 5.10. The number of halogens is 1. The van der Waals surface area contributed by atoms with Crippen LogP contribution >= 0.6 is 23.4 Å². The number of amides is 1. The third-order valence-corrected chi connectivity index (χ3v) is 7.03. The number of carbonyl (C=O) groups excluding carboxylic acids is 2. The van der Waals surface area contributed by atoms with Crippen molar-refractivity contribution in [1.29, 1.82) is 0 Å². The minimum atomic E-state index is -0.580. The molecule has 1 amide bonds. The number of aromatic nitrogens is 1. The Hall–Kier alpha value is -3.43. The normalized spacial score (nSPS) is 15.2. The van der Waals surface area contributed by atoms with Crippen LogP contribution in [0.1, 0.15) is 31.0 Å². The van der Waals surface area contributed by atoms with E-state index in [4.69, 9.17) is 26.1 Å². The zero-order chi connectivity index (χ0) is 26.4. The Labute approximate surface area is 224 Å². The lowest BCUT2D eigenvalue weighted by Gasteiger charge is -2.25. The van der Waals surface area contributed by atoms with Crippen LogP contribution in [0.15, 0.2) is 64.9 Å². The molecule has 194 valence electrons. The van der Waals surface area contributed by atoms with Crippen LogP contribution in [-0.4, -0.2) is 48.0 Å². The summed E-state index contributed by atoms with van der Waals surface area (Å²) >= 11 is 7.48. The number of fused-ring (bicyclic) bond motifs is 1. The van der Waals surface area contributed by atoms with Crippen molar-refractivity contribution in [3.05, 3.63) is 76.1 Å². The van der Waals surface area contributed by atoms with Crippen LogP contribution < -0.4 is 15.4 Å². The number of H-pyrrole nitrogens is 1. The second kappa shape index (κ2) is 12.2. The van der Waals surface area contributed by atoms with Gasteiger partial charge in [0.05, 0.1) is 25.0 Å². The lowest BCUT2D eigenvalue weighted by atomic mass is 9.97. The standard InChI is InChI=1S/C27H29ClN4O4S/c1-4-36-26(34)24-16(2)31-27(32-25(24)17-6-5-7-19(28)12-17)37-15-23(33)29-11-10-18-14-30-22-9-8-20(35-3)13-21(18)22/h5-9,12-14,25,30H,4,10-11,15H2,1-3H3,(H,29,33)(H,31,32). The fraction of sp³-hybridized carbons (Fsp3) is 0.296. The molecule has 2 aromatic carbocycles. The summed E-state index contributed by atoms with van der Waals surface area (Å²) in [6.45, 7) is 4.32. The number of nitrogens with one attached hydrogen (secondary N) is 3. The summed E-state index contributed by atoms with van der Waals surface area (Å²) in [5.41, 5.74) is 3.97. The molecular formula is C27H29ClN4O4S. The summed E-state index contributed by atoms with van der Waals surface area (Å²) < 4.78 is 10.6. The molecule has 8 nitrogen and oxygen atoms in total. The molecule has 0 bridgehead atoms. The number of esters is 1. The molecule has 3 N–H and O–H groups in total. The molecule has 3 aromatic rings. The Bertz CT molecular complexity index is 1370. The lowest BCUT2D eigenvalue weighted by molar-refractivity contribution is -0.139. The number of benzene rings is 2. The predicted octanol–water partition coefficient (Wildman–Crippen LogP) is 4.76. The first-order valence-electron chi connectivity index (χ1n) is 11.9. The number of amidine groups is 1. The van der Waals surface area contributed by atoms with E-state index in [1.165, 1.54) is 11.8 Å². The number of nitrogens with zero attached hydrogens (tertiary/aromatic N) is 1. The quantitative estimate of drug-likeness (QED) is 0.338. The van der Waals surface area contributed by atoms with Crippen molar-refractivity contribution in [3.8, 4) is 5.75 Å². The molecule has 1 unspecified atom stereocenters. The number of methoxy groups -OCH3 is 1. The van der Waals surface area contributed by atoms with Gasteiger partial charge in [0.1, 0.15) is 11.8 Å². The maximum Gasteiger partial charge on any atom is 0.338 e. The third-order valence-electron chi connectivity index (χ3n) is 5.91. The SMILES string of the molecule is CCOC(=O)C1=C(C)NC(SCC(=O)NCCc2c[nH]c3ccc(OC)cc23)=NC1c1cccc(Cl)c1. The molecule has 0 spiro atoms. The van der Waals surface area contributed by atoms with Gasteiger partial charge < -0.3 is 25.1 Å². The van der Waals surface area contributed by atoms with E-state index < -0.39 is 12.0 Å². The summed E-state index contributed by atoms with van der Waals surface area (Å²) in [4.78, 5) is 33.2. The highest BCUT2D eigenvalue weighted by Gasteiger charge is 2.30. The number of hydrogen-bond acceptors (Lipinski definition) is 7. The summed E-state index contributed by atoms with van der Waals surface area (Å²) in [6.07, 6.45) is 2.64. The van der Waals surface area contributed by atoms with E-state index in [1.54, 1.807) is 33.1 Å². The summed E-state index contributed by atoms with van der Waals surface area (Å²) in [5, 5.41) is 8.30. The first-order chi connectivity index (χ1) is 17.9. The smallest absolute Gasteiger partial charge is 0.338 e. The van der Waals surface area contributed by atoms with E-state index >= 15 is 0 Å². The fourth-order valence-electron chi connectivity index (χ4n) is 4.12. The molecule has 0 aliphatic carbocycles. The second-order valence-electron chi connectivity index (χ2n) is 8.39. The molecule has 1 atom stereocenters. The molecule has 0 radical (unpaired) electrons. The maximum absolute atomic E-state index is 12.7. The molecule has 1 aliphatic heterocycles. The van der Waals surface area contributed by atoms with Crippen molar-refractivity contribution in [3.63, 3.8) is 0 Å². The van der Waals surface area contributed by atoms with Gasteiger partial charge in [-0.1, -0.05) is 35.5 Å². The molecule has 4 rings (SSSR count). The van der Waals surface area contributed by atoms with Gasteiger partial charge in [0.2, 0.25) is 5.91 Å². The molecule has 1 aliphatic rings. The maximum atomic E-state index is 12.7. The van der Waals surface area contributed by atoms with Crippen LogP contribution in [-0.2, 0) is 20.7 Å². The van der Waals surface area contributed by atoms with Gasteiger partial charge in [-0.25, -0.2) is 9.79 Å². The van der Waals surface area contributed by atoms with Gasteiger partial charge in [0.25, 0.3) is 0 Å². The number of hydrogen-bond donors (Lipinski definition) is 3. The van der Waals surface area contributed by atoms with E-state index in [0.717, 1.165) is 27.8 Å². The van der Waals surface area contributed by atoms with Gasteiger partial charge in [0, 0.05) is 34.4 Å².